The highest BCUT2D eigenvalue weighted by Gasteiger charge is 2.65. The van der Waals surface area contributed by atoms with Crippen LogP contribution in [0.15, 0.2) is 0 Å². The molecule has 0 aromatic heterocycles. The van der Waals surface area contributed by atoms with Crippen LogP contribution in [0.25, 0.3) is 0 Å². The predicted molar refractivity (Wildman–Crippen MR) is 92.2 cm³/mol. The van der Waals surface area contributed by atoms with E-state index in [1.165, 1.54) is 38.4 Å². The van der Waals surface area contributed by atoms with E-state index in [2.05, 4.69) is 13.8 Å². The van der Waals surface area contributed by atoms with E-state index >= 15 is 0 Å². The average molecular weight is 332 g/mol. The Morgan fingerprint density at radius 2 is 1.83 bits per heavy atom. The fourth-order valence-corrected chi connectivity index (χ4v) is 8.13. The van der Waals surface area contributed by atoms with Crippen molar-refractivity contribution in [1.29, 1.82) is 0 Å². The third-order valence-electron chi connectivity index (χ3n) is 9.01. The van der Waals surface area contributed by atoms with Gasteiger partial charge in [0.25, 0.3) is 0 Å². The van der Waals surface area contributed by atoms with Gasteiger partial charge < -0.3 is 9.53 Å². The van der Waals surface area contributed by atoms with E-state index in [0.717, 1.165) is 25.7 Å². The molecule has 24 heavy (non-hydrogen) atoms. The number of carbonyl (C=O) groups is 2. The number of hydrogen-bond donors (Lipinski definition) is 0. The minimum absolute atomic E-state index is 0.000232. The number of hydrogen-bond acceptors (Lipinski definition) is 3. The monoisotopic (exact) mass is 332 g/mol. The van der Waals surface area contributed by atoms with Crippen LogP contribution >= 0.6 is 0 Å². The molecule has 0 aliphatic heterocycles. The fraction of sp³-hybridized carbons (Fsp3) is 0.905. The summed E-state index contributed by atoms with van der Waals surface area (Å²) in [5.41, 5.74) is 0.305. The van der Waals surface area contributed by atoms with Crippen molar-refractivity contribution in [3.63, 3.8) is 0 Å². The highest BCUT2D eigenvalue weighted by Crippen LogP contribution is 2.72. The smallest absolute Gasteiger partial charge is 0.311 e. The van der Waals surface area contributed by atoms with Crippen LogP contribution in [0.5, 0.6) is 0 Å². The molecule has 3 nitrogen and oxygen atoms in total. The maximum absolute atomic E-state index is 12.6. The molecule has 0 aromatic rings. The molecule has 4 saturated carbocycles. The zero-order valence-electron chi connectivity index (χ0n) is 15.5. The molecule has 4 fully saturated rings. The van der Waals surface area contributed by atoms with Gasteiger partial charge in [-0.15, -0.1) is 0 Å². The highest BCUT2D eigenvalue weighted by molar-refractivity contribution is 5.77. The van der Waals surface area contributed by atoms with Crippen LogP contribution in [0.1, 0.15) is 71.6 Å². The van der Waals surface area contributed by atoms with Gasteiger partial charge in [0, 0.05) is 5.92 Å². The first-order chi connectivity index (χ1) is 11.4. The fourth-order valence-electron chi connectivity index (χ4n) is 8.13. The van der Waals surface area contributed by atoms with Crippen LogP contribution in [0.3, 0.4) is 0 Å². The zero-order chi connectivity index (χ0) is 17.2. The molecule has 0 radical (unpaired) electrons. The van der Waals surface area contributed by atoms with Gasteiger partial charge in [-0.25, -0.2) is 0 Å². The molecule has 0 N–H and O–H groups in total. The lowest BCUT2D eigenvalue weighted by Gasteiger charge is -2.63. The van der Waals surface area contributed by atoms with Crippen molar-refractivity contribution in [1.82, 2.24) is 0 Å². The topological polar surface area (TPSA) is 43.4 Å². The second-order valence-electron chi connectivity index (χ2n) is 9.82. The minimum atomic E-state index is -0.317. The summed E-state index contributed by atoms with van der Waals surface area (Å²) in [5, 5.41) is 0. The summed E-state index contributed by atoms with van der Waals surface area (Å²) in [5.74, 6) is 2.06. The molecule has 4 aliphatic rings. The van der Waals surface area contributed by atoms with Gasteiger partial charge in [-0.2, -0.15) is 0 Å². The number of carbonyl (C=O) groups excluding carboxylic acids is 2. The van der Waals surface area contributed by atoms with E-state index in [0.29, 0.717) is 29.1 Å². The Hall–Kier alpha value is -0.860. The van der Waals surface area contributed by atoms with E-state index in [-0.39, 0.29) is 16.8 Å². The number of esters is 1. The number of rotatable bonds is 2. The van der Waals surface area contributed by atoms with Crippen molar-refractivity contribution < 1.29 is 14.3 Å². The number of aldehydes is 1. The van der Waals surface area contributed by atoms with Crippen molar-refractivity contribution in [3.8, 4) is 0 Å². The summed E-state index contributed by atoms with van der Waals surface area (Å²) in [6.45, 7) is 4.63. The highest BCUT2D eigenvalue weighted by atomic mass is 16.5. The maximum atomic E-state index is 12.6. The van der Waals surface area contributed by atoms with Crippen molar-refractivity contribution in [3.05, 3.63) is 0 Å². The zero-order valence-corrected chi connectivity index (χ0v) is 15.5. The summed E-state index contributed by atoms with van der Waals surface area (Å²) in [7, 11) is 1.54. The second kappa shape index (κ2) is 5.32. The first kappa shape index (κ1) is 16.6. The third kappa shape index (κ3) is 1.96. The molecule has 4 rings (SSSR count). The molecule has 0 amide bonds. The first-order valence-electron chi connectivity index (χ1n) is 9.93. The standard InChI is InChI=1S/C21H32O3/c1-19-8-4-9-20(2,18(23)24-3)16(19)7-10-21-11-14(5-6-17(19)21)15(12-21)13-22/h13-17H,4-12H2,1-3H3/t14-,15+,16+,17+,19-,20-,21+/m1/s1. The lowest BCUT2D eigenvalue weighted by molar-refractivity contribution is -0.183. The van der Waals surface area contributed by atoms with Gasteiger partial charge in [-0.05, 0) is 86.9 Å². The van der Waals surface area contributed by atoms with Crippen LogP contribution in [0.2, 0.25) is 0 Å². The van der Waals surface area contributed by atoms with Crippen molar-refractivity contribution in [2.45, 2.75) is 71.6 Å². The van der Waals surface area contributed by atoms with Crippen molar-refractivity contribution >= 4 is 12.3 Å². The lowest BCUT2D eigenvalue weighted by atomic mass is 9.41. The molecule has 1 spiro atoms. The molecule has 0 unspecified atom stereocenters. The predicted octanol–water partition coefficient (Wildman–Crippen LogP) is 4.39. The summed E-state index contributed by atoms with van der Waals surface area (Å²) in [4.78, 5) is 24.2. The Labute approximate surface area is 145 Å². The average Bonchev–Trinajstić information content (AvgIpc) is 2.84. The summed E-state index contributed by atoms with van der Waals surface area (Å²) in [6, 6.07) is 0. The van der Waals surface area contributed by atoms with Gasteiger partial charge in [0.1, 0.15) is 6.29 Å². The molecule has 0 aromatic carbocycles. The Kier molecular flexibility index (Phi) is 3.68. The van der Waals surface area contributed by atoms with Gasteiger partial charge in [0.2, 0.25) is 0 Å². The Morgan fingerprint density at radius 3 is 2.54 bits per heavy atom. The Balaban J connectivity index is 1.71. The molecular formula is C21H32O3. The van der Waals surface area contributed by atoms with Crippen LogP contribution in [0, 0.1) is 39.9 Å². The van der Waals surface area contributed by atoms with Gasteiger partial charge in [0.05, 0.1) is 12.5 Å². The summed E-state index contributed by atoms with van der Waals surface area (Å²) < 4.78 is 5.23. The van der Waals surface area contributed by atoms with E-state index in [9.17, 15) is 9.59 Å². The minimum Gasteiger partial charge on any atom is -0.469 e. The van der Waals surface area contributed by atoms with Crippen LogP contribution in [0.4, 0.5) is 0 Å². The lowest BCUT2D eigenvalue weighted by Crippen LogP contribution is -2.58. The third-order valence-corrected chi connectivity index (χ3v) is 9.01. The molecular weight excluding hydrogens is 300 g/mol. The summed E-state index contributed by atoms with van der Waals surface area (Å²) in [6.07, 6.45) is 11.8. The van der Waals surface area contributed by atoms with E-state index in [1.54, 1.807) is 7.11 Å². The van der Waals surface area contributed by atoms with Gasteiger partial charge >= 0.3 is 5.97 Å². The van der Waals surface area contributed by atoms with E-state index < -0.39 is 0 Å². The Bertz CT molecular complexity index is 557. The molecule has 4 aliphatic carbocycles. The number of methoxy groups -OCH3 is 1. The second-order valence-corrected chi connectivity index (χ2v) is 9.82. The normalized spacial score (nSPS) is 53.0. The van der Waals surface area contributed by atoms with Crippen LogP contribution in [-0.2, 0) is 14.3 Å². The maximum Gasteiger partial charge on any atom is 0.311 e. The van der Waals surface area contributed by atoms with Gasteiger partial charge in [0.15, 0.2) is 0 Å². The van der Waals surface area contributed by atoms with Gasteiger partial charge in [-0.3, -0.25) is 4.79 Å². The van der Waals surface area contributed by atoms with E-state index in [4.69, 9.17) is 4.74 Å². The van der Waals surface area contributed by atoms with Crippen molar-refractivity contribution in [2.24, 2.45) is 39.9 Å². The molecule has 134 valence electrons. The molecule has 2 bridgehead atoms. The van der Waals surface area contributed by atoms with E-state index in [1.807, 2.05) is 0 Å². The molecule has 0 saturated heterocycles. The summed E-state index contributed by atoms with van der Waals surface area (Å²) >= 11 is 0. The first-order valence-corrected chi connectivity index (χ1v) is 9.93. The Morgan fingerprint density at radius 1 is 1.04 bits per heavy atom. The molecule has 3 heteroatoms. The number of fused-ring (bicyclic) bond motifs is 3. The van der Waals surface area contributed by atoms with Crippen LogP contribution < -0.4 is 0 Å². The van der Waals surface area contributed by atoms with Crippen molar-refractivity contribution in [2.75, 3.05) is 7.11 Å². The number of ether oxygens (including phenoxy) is 1. The van der Waals surface area contributed by atoms with Gasteiger partial charge in [-0.1, -0.05) is 13.3 Å². The van der Waals surface area contributed by atoms with Crippen LogP contribution in [-0.4, -0.2) is 19.4 Å². The quantitative estimate of drug-likeness (QED) is 0.556. The molecule has 7 atom stereocenters. The SMILES string of the molecule is COC(=O)[C@]1(C)CCC[C@@]2(C)[C@@H]3CC[C@@H]4C[C@@]3(CC[C@@H]21)C[C@H]4C=O. The molecule has 0 heterocycles. The largest absolute Gasteiger partial charge is 0.469 e.